The monoisotopic (exact) mass is 416 g/mol. The SMILES string of the molecule is Nc1c(Cl)c(Cl)nc(C(=O)N/N=C/c2ccccc2OCC(=O)O)c1Cl. The molecule has 8 nitrogen and oxygen atoms in total. The number of nitrogens with one attached hydrogen (secondary N) is 1. The van der Waals surface area contributed by atoms with Gasteiger partial charge >= 0.3 is 5.97 Å². The number of carboxylic acids is 1. The first kappa shape index (κ1) is 19.8. The molecule has 1 aromatic carbocycles. The van der Waals surface area contributed by atoms with E-state index in [1.54, 1.807) is 24.3 Å². The molecule has 1 aromatic heterocycles. The molecule has 0 saturated carbocycles. The molecule has 0 unspecified atom stereocenters. The van der Waals surface area contributed by atoms with Gasteiger partial charge in [0, 0.05) is 5.56 Å². The average Bonchev–Trinajstić information content (AvgIpc) is 2.61. The maximum atomic E-state index is 12.1. The number of carbonyl (C=O) groups is 2. The van der Waals surface area contributed by atoms with E-state index >= 15 is 0 Å². The molecule has 0 aliphatic carbocycles. The highest BCUT2D eigenvalue weighted by molar-refractivity contribution is 6.46. The summed E-state index contributed by atoms with van der Waals surface area (Å²) in [5.74, 6) is -1.61. The van der Waals surface area contributed by atoms with Crippen LogP contribution < -0.4 is 15.9 Å². The topological polar surface area (TPSA) is 127 Å². The number of hydrazone groups is 1. The molecule has 26 heavy (non-hydrogen) atoms. The number of hydrogen-bond acceptors (Lipinski definition) is 6. The van der Waals surface area contributed by atoms with E-state index in [9.17, 15) is 9.59 Å². The lowest BCUT2D eigenvalue weighted by molar-refractivity contribution is -0.139. The summed E-state index contributed by atoms with van der Waals surface area (Å²) >= 11 is 17.5. The van der Waals surface area contributed by atoms with Crippen molar-refractivity contribution in [1.29, 1.82) is 0 Å². The molecule has 136 valence electrons. The molecule has 0 spiro atoms. The largest absolute Gasteiger partial charge is 0.481 e. The number of anilines is 1. The van der Waals surface area contributed by atoms with Crippen molar-refractivity contribution in [1.82, 2.24) is 10.4 Å². The average molecular weight is 418 g/mol. The fraction of sp³-hybridized carbons (Fsp3) is 0.0667. The van der Waals surface area contributed by atoms with Crippen LogP contribution in [-0.2, 0) is 4.79 Å². The molecule has 1 amide bonds. The lowest BCUT2D eigenvalue weighted by Gasteiger charge is -2.08. The van der Waals surface area contributed by atoms with Crippen molar-refractivity contribution in [2.75, 3.05) is 12.3 Å². The molecule has 0 aliphatic rings. The van der Waals surface area contributed by atoms with Gasteiger partial charge in [-0.15, -0.1) is 0 Å². The number of nitrogens with zero attached hydrogens (tertiary/aromatic N) is 2. The van der Waals surface area contributed by atoms with E-state index in [-0.39, 0.29) is 32.3 Å². The van der Waals surface area contributed by atoms with Crippen LogP contribution >= 0.6 is 34.8 Å². The Morgan fingerprint density at radius 2 is 1.96 bits per heavy atom. The van der Waals surface area contributed by atoms with Crippen LogP contribution in [0.25, 0.3) is 0 Å². The van der Waals surface area contributed by atoms with E-state index in [1.165, 1.54) is 6.21 Å². The maximum absolute atomic E-state index is 12.1. The number of amides is 1. The van der Waals surface area contributed by atoms with E-state index in [2.05, 4.69) is 15.5 Å². The number of aromatic nitrogens is 1. The minimum Gasteiger partial charge on any atom is -0.481 e. The Morgan fingerprint density at radius 3 is 2.65 bits per heavy atom. The second-order valence-corrected chi connectivity index (χ2v) is 5.83. The first-order chi connectivity index (χ1) is 12.3. The van der Waals surface area contributed by atoms with E-state index in [1.807, 2.05) is 0 Å². The predicted octanol–water partition coefficient (Wildman–Crippen LogP) is 2.85. The quantitative estimate of drug-likeness (QED) is 0.377. The molecule has 0 atom stereocenters. The zero-order valence-corrected chi connectivity index (χ0v) is 15.1. The van der Waals surface area contributed by atoms with E-state index in [0.29, 0.717) is 5.56 Å². The number of halogens is 3. The van der Waals surface area contributed by atoms with Crippen LogP contribution in [0.1, 0.15) is 16.1 Å². The molecule has 0 bridgehead atoms. The molecule has 0 radical (unpaired) electrons. The van der Waals surface area contributed by atoms with Crippen molar-refractivity contribution in [2.24, 2.45) is 5.10 Å². The summed E-state index contributed by atoms with van der Waals surface area (Å²) in [5, 5.41) is 12.0. The normalized spacial score (nSPS) is 10.7. The number of hydrogen-bond donors (Lipinski definition) is 3. The van der Waals surface area contributed by atoms with Crippen LogP contribution in [-0.4, -0.2) is 34.8 Å². The highest BCUT2D eigenvalue weighted by atomic mass is 35.5. The second kappa shape index (κ2) is 8.70. The summed E-state index contributed by atoms with van der Waals surface area (Å²) in [6.07, 6.45) is 1.27. The number of carboxylic acid groups (broad SMARTS) is 1. The number of nitrogens with two attached hydrogens (primary N) is 1. The van der Waals surface area contributed by atoms with E-state index in [4.69, 9.17) is 50.4 Å². The Morgan fingerprint density at radius 1 is 1.27 bits per heavy atom. The van der Waals surface area contributed by atoms with Gasteiger partial charge in [0.25, 0.3) is 5.91 Å². The van der Waals surface area contributed by atoms with Gasteiger partial charge in [0.15, 0.2) is 17.5 Å². The van der Waals surface area contributed by atoms with Crippen LogP contribution in [0.4, 0.5) is 5.69 Å². The Hall–Kier alpha value is -2.55. The van der Waals surface area contributed by atoms with Crippen molar-refractivity contribution >= 4 is 58.6 Å². The molecule has 2 rings (SSSR count). The number of carbonyl (C=O) groups excluding carboxylic acids is 1. The standard InChI is InChI=1S/C15H11Cl3N4O4/c16-10-12(19)11(17)14(18)21-13(10)15(25)22-20-5-7-3-1-2-4-8(7)26-6-9(23)24/h1-5H,6H2,(H2,19,21)(H,22,25)(H,23,24)/b20-5+. The summed E-state index contributed by atoms with van der Waals surface area (Å²) in [7, 11) is 0. The van der Waals surface area contributed by atoms with Gasteiger partial charge < -0.3 is 15.6 Å². The third kappa shape index (κ3) is 4.75. The number of para-hydroxylation sites is 1. The van der Waals surface area contributed by atoms with Crippen LogP contribution in [0.5, 0.6) is 5.75 Å². The van der Waals surface area contributed by atoms with Gasteiger partial charge in [0.2, 0.25) is 0 Å². The van der Waals surface area contributed by atoms with Crippen molar-refractivity contribution in [3.63, 3.8) is 0 Å². The van der Waals surface area contributed by atoms with E-state index in [0.717, 1.165) is 0 Å². The minimum atomic E-state index is -1.12. The van der Waals surface area contributed by atoms with Crippen LogP contribution in [0.2, 0.25) is 15.2 Å². The van der Waals surface area contributed by atoms with Gasteiger partial charge in [-0.2, -0.15) is 5.10 Å². The van der Waals surface area contributed by atoms with Gasteiger partial charge in [-0.3, -0.25) is 4.79 Å². The Labute approximate surface area is 162 Å². The van der Waals surface area contributed by atoms with Crippen molar-refractivity contribution in [3.05, 3.63) is 50.7 Å². The van der Waals surface area contributed by atoms with Crippen LogP contribution in [0.3, 0.4) is 0 Å². The molecule has 0 aliphatic heterocycles. The van der Waals surface area contributed by atoms with Gasteiger partial charge in [-0.25, -0.2) is 15.2 Å². The number of aliphatic carboxylic acids is 1. The van der Waals surface area contributed by atoms with Gasteiger partial charge in [-0.1, -0.05) is 46.9 Å². The lowest BCUT2D eigenvalue weighted by Crippen LogP contribution is -2.20. The third-order valence-corrected chi connectivity index (χ3v) is 4.06. The summed E-state index contributed by atoms with van der Waals surface area (Å²) in [4.78, 5) is 26.5. The Bertz CT molecular complexity index is 889. The first-order valence-corrected chi connectivity index (χ1v) is 8.01. The fourth-order valence-electron chi connectivity index (χ4n) is 1.75. The minimum absolute atomic E-state index is 0.0544. The molecule has 0 fully saturated rings. The number of rotatable bonds is 6. The summed E-state index contributed by atoms with van der Waals surface area (Å²) in [5.41, 5.74) is 7.98. The zero-order valence-electron chi connectivity index (χ0n) is 12.9. The molecule has 4 N–H and O–H groups in total. The van der Waals surface area contributed by atoms with E-state index < -0.39 is 18.5 Å². The summed E-state index contributed by atoms with van der Waals surface area (Å²) in [6.45, 7) is -0.515. The van der Waals surface area contributed by atoms with Gasteiger partial charge in [0.1, 0.15) is 10.8 Å². The molecule has 2 aromatic rings. The fourth-order valence-corrected chi connectivity index (χ4v) is 2.35. The highest BCUT2D eigenvalue weighted by Gasteiger charge is 2.19. The summed E-state index contributed by atoms with van der Waals surface area (Å²) < 4.78 is 5.12. The van der Waals surface area contributed by atoms with Crippen LogP contribution in [0.15, 0.2) is 29.4 Å². The third-order valence-electron chi connectivity index (χ3n) is 2.93. The molecular weight excluding hydrogens is 407 g/mol. The van der Waals surface area contributed by atoms with Crippen molar-refractivity contribution in [3.8, 4) is 5.75 Å². The molecular formula is C15H11Cl3N4O4. The number of benzene rings is 1. The molecule has 11 heteroatoms. The molecule has 1 heterocycles. The van der Waals surface area contributed by atoms with Crippen molar-refractivity contribution in [2.45, 2.75) is 0 Å². The summed E-state index contributed by atoms with van der Waals surface area (Å²) in [6, 6.07) is 6.53. The zero-order chi connectivity index (χ0) is 19.3. The lowest BCUT2D eigenvalue weighted by atomic mass is 10.2. The van der Waals surface area contributed by atoms with Crippen molar-refractivity contribution < 1.29 is 19.4 Å². The second-order valence-electron chi connectivity index (χ2n) is 4.71. The highest BCUT2D eigenvalue weighted by Crippen LogP contribution is 2.34. The number of ether oxygens (including phenoxy) is 1. The smallest absolute Gasteiger partial charge is 0.341 e. The van der Waals surface area contributed by atoms with Crippen LogP contribution in [0, 0.1) is 0 Å². The maximum Gasteiger partial charge on any atom is 0.341 e. The number of pyridine rings is 1. The predicted molar refractivity (Wildman–Crippen MR) is 98.3 cm³/mol. The first-order valence-electron chi connectivity index (χ1n) is 6.88. The molecule has 0 saturated heterocycles. The van der Waals surface area contributed by atoms with Gasteiger partial charge in [0.05, 0.1) is 16.9 Å². The Balaban J connectivity index is 2.14. The Kier molecular flexibility index (Phi) is 6.62. The number of nitrogen functional groups attached to an aromatic ring is 1. The van der Waals surface area contributed by atoms with Gasteiger partial charge in [-0.05, 0) is 12.1 Å².